The number of carbonyl (C=O) groups excluding carboxylic acids is 1. The number of nitrogens with one attached hydrogen (secondary N) is 1. The van der Waals surface area contributed by atoms with Gasteiger partial charge in [-0.1, -0.05) is 18.2 Å². The van der Waals surface area contributed by atoms with E-state index in [1.807, 2.05) is 4.72 Å². The predicted molar refractivity (Wildman–Crippen MR) is 118 cm³/mol. The summed E-state index contributed by atoms with van der Waals surface area (Å²) in [6.45, 7) is -0.346. The number of carboxylic acid groups (broad SMARTS) is 1. The molecule has 0 fully saturated rings. The quantitative estimate of drug-likeness (QED) is 0.421. The van der Waals surface area contributed by atoms with E-state index in [1.165, 1.54) is 36.2 Å². The highest BCUT2D eigenvalue weighted by atomic mass is 32.2. The molecule has 0 aliphatic rings. The maximum atomic E-state index is 13.5. The molecule has 35 heavy (non-hydrogen) atoms. The summed E-state index contributed by atoms with van der Waals surface area (Å²) < 4.78 is 93.6. The number of carboxylic acids is 1. The minimum absolute atomic E-state index is 0.00945. The van der Waals surface area contributed by atoms with Crippen LogP contribution in [0.2, 0.25) is 0 Å². The Kier molecular flexibility index (Phi) is 9.03. The zero-order chi connectivity index (χ0) is 26.4. The van der Waals surface area contributed by atoms with Crippen LogP contribution in [-0.4, -0.2) is 58.9 Å². The lowest BCUT2D eigenvalue weighted by atomic mass is 10.2. The van der Waals surface area contributed by atoms with Crippen LogP contribution in [0.15, 0.2) is 63.2 Å². The first-order valence-electron chi connectivity index (χ1n) is 10.1. The number of alkyl halides is 3. The van der Waals surface area contributed by atoms with Crippen LogP contribution >= 0.6 is 0 Å². The largest absolute Gasteiger partial charge is 0.481 e. The molecule has 2 aromatic rings. The van der Waals surface area contributed by atoms with Gasteiger partial charge in [0.15, 0.2) is 0 Å². The molecule has 0 aliphatic carbocycles. The molecule has 9 nitrogen and oxygen atoms in total. The SMILES string of the molecule is CN(CCCNS(=O)(=O)c1cc(S(=O)(=O)c2ccccc2)ccc1C(F)(F)F)C(=O)CCC(=O)O. The van der Waals surface area contributed by atoms with E-state index in [9.17, 15) is 39.6 Å². The number of halogens is 3. The van der Waals surface area contributed by atoms with Crippen LogP contribution in [-0.2, 0) is 35.6 Å². The number of hydrogen-bond acceptors (Lipinski definition) is 6. The van der Waals surface area contributed by atoms with Crippen molar-refractivity contribution in [1.82, 2.24) is 9.62 Å². The van der Waals surface area contributed by atoms with E-state index in [4.69, 9.17) is 5.11 Å². The number of rotatable bonds is 11. The van der Waals surface area contributed by atoms with Crippen LogP contribution in [0.3, 0.4) is 0 Å². The maximum Gasteiger partial charge on any atom is 0.417 e. The van der Waals surface area contributed by atoms with Crippen molar-refractivity contribution in [3.8, 4) is 0 Å². The molecule has 0 atom stereocenters. The van der Waals surface area contributed by atoms with E-state index in [-0.39, 0.29) is 37.2 Å². The van der Waals surface area contributed by atoms with Gasteiger partial charge in [-0.3, -0.25) is 9.59 Å². The molecule has 0 saturated carbocycles. The highest BCUT2D eigenvalue weighted by Gasteiger charge is 2.38. The average molecular weight is 537 g/mol. The molecule has 14 heteroatoms. The fraction of sp³-hybridized carbons (Fsp3) is 0.333. The fourth-order valence-corrected chi connectivity index (χ4v) is 5.70. The van der Waals surface area contributed by atoms with Crippen LogP contribution in [0.1, 0.15) is 24.8 Å². The molecule has 1 amide bonds. The average Bonchev–Trinajstić information content (AvgIpc) is 2.79. The van der Waals surface area contributed by atoms with Gasteiger partial charge < -0.3 is 10.0 Å². The molecule has 2 N–H and O–H groups in total. The molecule has 0 spiro atoms. The van der Waals surface area contributed by atoms with Crippen molar-refractivity contribution >= 4 is 31.7 Å². The predicted octanol–water partition coefficient (Wildman–Crippen LogP) is 2.53. The Bertz CT molecular complexity index is 1280. The number of hydrogen-bond donors (Lipinski definition) is 2. The van der Waals surface area contributed by atoms with Gasteiger partial charge in [0, 0.05) is 26.6 Å². The van der Waals surface area contributed by atoms with Crippen molar-refractivity contribution in [3.05, 3.63) is 54.1 Å². The number of nitrogens with zero attached hydrogens (tertiary/aromatic N) is 1. The van der Waals surface area contributed by atoms with Gasteiger partial charge in [0.2, 0.25) is 25.8 Å². The molecule has 0 bridgehead atoms. The summed E-state index contributed by atoms with van der Waals surface area (Å²) in [6, 6.07) is 8.40. The van der Waals surface area contributed by atoms with Gasteiger partial charge in [-0.25, -0.2) is 21.6 Å². The van der Waals surface area contributed by atoms with E-state index < -0.39 is 53.3 Å². The molecular formula is C21H23F3N2O7S2. The lowest BCUT2D eigenvalue weighted by molar-refractivity contribution is -0.140. The van der Waals surface area contributed by atoms with Gasteiger partial charge >= 0.3 is 12.1 Å². The third-order valence-electron chi connectivity index (χ3n) is 4.85. The second-order valence-corrected chi connectivity index (χ2v) is 11.1. The smallest absolute Gasteiger partial charge is 0.417 e. The molecule has 2 rings (SSSR count). The summed E-state index contributed by atoms with van der Waals surface area (Å²) in [5.74, 6) is -1.65. The number of sulfone groups is 1. The van der Waals surface area contributed by atoms with Crippen molar-refractivity contribution in [2.24, 2.45) is 0 Å². The zero-order valence-electron chi connectivity index (χ0n) is 18.4. The standard InChI is InChI=1S/C21H23F3N2O7S2/c1-26(19(27)10-11-20(28)29)13-5-12-25-35(32,33)18-14-16(8-9-17(18)21(22,23)24)34(30,31)15-6-3-2-4-7-15/h2-4,6-9,14,25H,5,10-13H2,1H3,(H,28,29). The van der Waals surface area contributed by atoms with Crippen LogP contribution in [0.4, 0.5) is 13.2 Å². The van der Waals surface area contributed by atoms with Gasteiger partial charge in [0.05, 0.1) is 26.7 Å². The van der Waals surface area contributed by atoms with E-state index >= 15 is 0 Å². The number of carbonyl (C=O) groups is 2. The molecule has 0 radical (unpaired) electrons. The van der Waals surface area contributed by atoms with Gasteiger partial charge in [0.1, 0.15) is 0 Å². The first kappa shape index (κ1) is 28.3. The van der Waals surface area contributed by atoms with E-state index in [1.54, 1.807) is 6.07 Å². The van der Waals surface area contributed by atoms with Gasteiger partial charge in [-0.15, -0.1) is 0 Å². The van der Waals surface area contributed by atoms with Gasteiger partial charge in [-0.05, 0) is 36.8 Å². The number of benzene rings is 2. The first-order chi connectivity index (χ1) is 16.2. The third kappa shape index (κ3) is 7.50. The highest BCUT2D eigenvalue weighted by molar-refractivity contribution is 7.91. The molecule has 0 unspecified atom stereocenters. The Morgan fingerprint density at radius 3 is 2.17 bits per heavy atom. The third-order valence-corrected chi connectivity index (χ3v) is 8.12. The number of aliphatic carboxylic acids is 1. The first-order valence-corrected chi connectivity index (χ1v) is 13.1. The zero-order valence-corrected chi connectivity index (χ0v) is 20.1. The Morgan fingerprint density at radius 1 is 0.971 bits per heavy atom. The van der Waals surface area contributed by atoms with Crippen LogP contribution in [0.25, 0.3) is 0 Å². The lowest BCUT2D eigenvalue weighted by Crippen LogP contribution is -2.32. The molecule has 0 saturated heterocycles. The molecule has 2 aromatic carbocycles. The van der Waals surface area contributed by atoms with E-state index in [0.29, 0.717) is 18.2 Å². The second kappa shape index (κ2) is 11.2. The summed E-state index contributed by atoms with van der Waals surface area (Å²) >= 11 is 0. The van der Waals surface area contributed by atoms with Crippen molar-refractivity contribution in [2.75, 3.05) is 20.1 Å². The van der Waals surface area contributed by atoms with Gasteiger partial charge in [-0.2, -0.15) is 13.2 Å². The topological polar surface area (TPSA) is 138 Å². The van der Waals surface area contributed by atoms with Crippen LogP contribution in [0, 0.1) is 0 Å². The number of sulfonamides is 1. The monoisotopic (exact) mass is 536 g/mol. The van der Waals surface area contributed by atoms with Gasteiger partial charge in [0.25, 0.3) is 0 Å². The molecule has 192 valence electrons. The molecule has 0 aliphatic heterocycles. The highest BCUT2D eigenvalue weighted by Crippen LogP contribution is 2.36. The maximum absolute atomic E-state index is 13.5. The van der Waals surface area contributed by atoms with E-state index in [2.05, 4.69) is 0 Å². The van der Waals surface area contributed by atoms with Crippen LogP contribution < -0.4 is 4.72 Å². The fourth-order valence-electron chi connectivity index (χ4n) is 2.99. The molecule has 0 aromatic heterocycles. The Labute approximate surface area is 200 Å². The Morgan fingerprint density at radius 2 is 1.60 bits per heavy atom. The summed E-state index contributed by atoms with van der Waals surface area (Å²) in [4.78, 5) is 21.4. The van der Waals surface area contributed by atoms with Crippen molar-refractivity contribution < 1.29 is 44.7 Å². The Balaban J connectivity index is 2.24. The number of amides is 1. The van der Waals surface area contributed by atoms with Crippen molar-refractivity contribution in [1.29, 1.82) is 0 Å². The lowest BCUT2D eigenvalue weighted by Gasteiger charge is -2.18. The summed E-state index contributed by atoms with van der Waals surface area (Å²) in [7, 11) is -7.71. The van der Waals surface area contributed by atoms with E-state index in [0.717, 1.165) is 0 Å². The summed E-state index contributed by atoms with van der Waals surface area (Å²) in [5.41, 5.74) is -1.53. The van der Waals surface area contributed by atoms with Crippen LogP contribution in [0.5, 0.6) is 0 Å². The minimum atomic E-state index is -5.07. The Hall–Kier alpha value is -2.97. The summed E-state index contributed by atoms with van der Waals surface area (Å²) in [5, 5.41) is 8.61. The van der Waals surface area contributed by atoms with Crippen molar-refractivity contribution in [3.63, 3.8) is 0 Å². The van der Waals surface area contributed by atoms with Crippen molar-refractivity contribution in [2.45, 2.75) is 40.1 Å². The molecule has 0 heterocycles. The second-order valence-electron chi connectivity index (χ2n) is 7.43. The minimum Gasteiger partial charge on any atom is -0.481 e. The molecular weight excluding hydrogens is 513 g/mol. The summed E-state index contributed by atoms with van der Waals surface area (Å²) in [6.07, 6.45) is -5.69. The normalized spacial score (nSPS) is 12.3.